The first kappa shape index (κ1) is 19.7. The summed E-state index contributed by atoms with van der Waals surface area (Å²) in [5.74, 6) is 0.335. The van der Waals surface area contributed by atoms with Crippen LogP contribution in [0, 0.1) is 25.2 Å². The second-order valence-electron chi connectivity index (χ2n) is 5.54. The van der Waals surface area contributed by atoms with Crippen molar-refractivity contribution in [3.63, 3.8) is 0 Å². The minimum absolute atomic E-state index is 0.204. The fourth-order valence-corrected chi connectivity index (χ4v) is 2.95. The predicted octanol–water partition coefficient (Wildman–Crippen LogP) is 3.62. The van der Waals surface area contributed by atoms with Gasteiger partial charge in [-0.3, -0.25) is 4.79 Å². The molecular formula is C19H21N3O3S. The Morgan fingerprint density at radius 3 is 2.50 bits per heavy atom. The number of nitrogens with zero attached hydrogens (tertiary/aromatic N) is 3. The summed E-state index contributed by atoms with van der Waals surface area (Å²) in [6.45, 7) is 6.08. The molecule has 0 atom stereocenters. The normalized spacial score (nSPS) is 10.3. The number of hydrogen-bond donors (Lipinski definition) is 0. The molecule has 2 rings (SSSR count). The molecule has 0 aliphatic carbocycles. The van der Waals surface area contributed by atoms with E-state index in [0.717, 1.165) is 22.1 Å². The molecule has 0 fully saturated rings. The van der Waals surface area contributed by atoms with Crippen molar-refractivity contribution < 1.29 is 14.3 Å². The van der Waals surface area contributed by atoms with Gasteiger partial charge in [0.05, 0.1) is 24.7 Å². The average molecular weight is 371 g/mol. The lowest BCUT2D eigenvalue weighted by atomic mass is 10.1. The van der Waals surface area contributed by atoms with Crippen LogP contribution in [0.1, 0.15) is 35.9 Å². The lowest BCUT2D eigenvalue weighted by Crippen LogP contribution is -2.12. The first-order chi connectivity index (χ1) is 12.5. The van der Waals surface area contributed by atoms with Gasteiger partial charge in [-0.15, -0.1) is 0 Å². The Bertz CT molecular complexity index is 823. The van der Waals surface area contributed by atoms with Gasteiger partial charge in [0.15, 0.2) is 16.7 Å². The lowest BCUT2D eigenvalue weighted by molar-refractivity contribution is -0.134. The number of aromatic nitrogens is 2. The molecular weight excluding hydrogens is 350 g/mol. The standard InChI is InChI=1S/C19H21N3O3S/c1-5-24-17-10-14(11-20)6-8-16(17)25-18(23)9-7-15-12(2)21-19(26-4)22-13(15)3/h6,8,10H,5,7,9H2,1-4H3. The molecule has 0 aliphatic heterocycles. The van der Waals surface area contributed by atoms with E-state index >= 15 is 0 Å². The predicted molar refractivity (Wildman–Crippen MR) is 99.6 cm³/mol. The van der Waals surface area contributed by atoms with E-state index in [9.17, 15) is 4.79 Å². The van der Waals surface area contributed by atoms with E-state index in [1.54, 1.807) is 18.2 Å². The molecule has 0 bridgehead atoms. The van der Waals surface area contributed by atoms with Gasteiger partial charge in [0.25, 0.3) is 0 Å². The molecule has 1 aromatic carbocycles. The molecule has 0 saturated carbocycles. The van der Waals surface area contributed by atoms with E-state index in [2.05, 4.69) is 9.97 Å². The Hall–Kier alpha value is -2.59. The largest absolute Gasteiger partial charge is 0.490 e. The molecule has 6 nitrogen and oxygen atoms in total. The van der Waals surface area contributed by atoms with E-state index in [1.807, 2.05) is 33.1 Å². The smallest absolute Gasteiger partial charge is 0.311 e. The minimum atomic E-state index is -0.372. The summed E-state index contributed by atoms with van der Waals surface area (Å²) in [7, 11) is 0. The van der Waals surface area contributed by atoms with Crippen LogP contribution in [-0.2, 0) is 11.2 Å². The molecule has 0 amide bonds. The van der Waals surface area contributed by atoms with E-state index in [1.165, 1.54) is 11.8 Å². The van der Waals surface area contributed by atoms with Crippen LogP contribution in [0.3, 0.4) is 0 Å². The van der Waals surface area contributed by atoms with Crippen LogP contribution in [0.15, 0.2) is 23.4 Å². The molecule has 136 valence electrons. The van der Waals surface area contributed by atoms with Gasteiger partial charge >= 0.3 is 5.97 Å². The fourth-order valence-electron chi connectivity index (χ4n) is 2.49. The van der Waals surface area contributed by atoms with Gasteiger partial charge in [0.2, 0.25) is 0 Å². The highest BCUT2D eigenvalue weighted by Crippen LogP contribution is 2.29. The molecule has 0 saturated heterocycles. The second kappa shape index (κ2) is 9.20. The number of carbonyl (C=O) groups is 1. The number of ether oxygens (including phenoxy) is 2. The van der Waals surface area contributed by atoms with Crippen LogP contribution in [0.25, 0.3) is 0 Å². The average Bonchev–Trinajstić information content (AvgIpc) is 2.62. The van der Waals surface area contributed by atoms with Gasteiger partial charge in [0.1, 0.15) is 0 Å². The number of aryl methyl sites for hydroxylation is 2. The number of benzene rings is 1. The van der Waals surface area contributed by atoms with E-state index in [-0.39, 0.29) is 12.4 Å². The van der Waals surface area contributed by atoms with E-state index < -0.39 is 0 Å². The molecule has 2 aromatic rings. The van der Waals surface area contributed by atoms with Gasteiger partial charge in [-0.25, -0.2) is 9.97 Å². The Balaban J connectivity index is 2.07. The van der Waals surface area contributed by atoms with Crippen molar-refractivity contribution in [3.8, 4) is 17.6 Å². The zero-order valence-electron chi connectivity index (χ0n) is 15.3. The molecule has 0 unspecified atom stereocenters. The van der Waals surface area contributed by atoms with Crippen molar-refractivity contribution in [2.75, 3.05) is 12.9 Å². The summed E-state index contributed by atoms with van der Waals surface area (Å²) >= 11 is 1.49. The van der Waals surface area contributed by atoms with Crippen molar-refractivity contribution >= 4 is 17.7 Å². The molecule has 1 heterocycles. The highest BCUT2D eigenvalue weighted by molar-refractivity contribution is 7.98. The van der Waals surface area contributed by atoms with Gasteiger partial charge in [0, 0.05) is 17.5 Å². The molecule has 26 heavy (non-hydrogen) atoms. The van der Waals surface area contributed by atoms with Crippen LogP contribution < -0.4 is 9.47 Å². The highest BCUT2D eigenvalue weighted by atomic mass is 32.2. The third kappa shape index (κ3) is 4.96. The number of hydrogen-bond acceptors (Lipinski definition) is 7. The first-order valence-corrected chi connectivity index (χ1v) is 9.46. The lowest BCUT2D eigenvalue weighted by Gasteiger charge is -2.12. The zero-order chi connectivity index (χ0) is 19.1. The maximum Gasteiger partial charge on any atom is 0.311 e. The molecule has 0 aliphatic rings. The summed E-state index contributed by atoms with van der Waals surface area (Å²) in [5.41, 5.74) is 3.17. The van der Waals surface area contributed by atoms with Crippen molar-refractivity contribution in [3.05, 3.63) is 40.7 Å². The Morgan fingerprint density at radius 2 is 1.92 bits per heavy atom. The Labute approximate surface area is 157 Å². The number of thioether (sulfide) groups is 1. The van der Waals surface area contributed by atoms with Crippen molar-refractivity contribution in [1.82, 2.24) is 9.97 Å². The Kier molecular flexibility index (Phi) is 6.98. The molecule has 7 heteroatoms. The third-order valence-electron chi connectivity index (χ3n) is 3.76. The monoisotopic (exact) mass is 371 g/mol. The molecule has 0 radical (unpaired) electrons. The summed E-state index contributed by atoms with van der Waals surface area (Å²) in [6.07, 6.45) is 2.64. The summed E-state index contributed by atoms with van der Waals surface area (Å²) in [4.78, 5) is 21.1. The van der Waals surface area contributed by atoms with Crippen LogP contribution in [0.4, 0.5) is 0 Å². The van der Waals surface area contributed by atoms with Gasteiger partial charge < -0.3 is 9.47 Å². The van der Waals surface area contributed by atoms with Crippen LogP contribution in [0.2, 0.25) is 0 Å². The van der Waals surface area contributed by atoms with Gasteiger partial charge in [-0.1, -0.05) is 11.8 Å². The topological polar surface area (TPSA) is 85.1 Å². The Morgan fingerprint density at radius 1 is 1.23 bits per heavy atom. The first-order valence-electron chi connectivity index (χ1n) is 8.24. The van der Waals surface area contributed by atoms with Crippen LogP contribution >= 0.6 is 11.8 Å². The van der Waals surface area contributed by atoms with Gasteiger partial charge in [-0.05, 0) is 51.1 Å². The third-order valence-corrected chi connectivity index (χ3v) is 4.31. The zero-order valence-corrected chi connectivity index (χ0v) is 16.1. The fraction of sp³-hybridized carbons (Fsp3) is 0.368. The highest BCUT2D eigenvalue weighted by Gasteiger charge is 2.14. The maximum atomic E-state index is 12.3. The summed E-state index contributed by atoms with van der Waals surface area (Å²) < 4.78 is 10.9. The quantitative estimate of drug-likeness (QED) is 0.318. The van der Waals surface area contributed by atoms with Crippen molar-refractivity contribution in [1.29, 1.82) is 5.26 Å². The summed E-state index contributed by atoms with van der Waals surface area (Å²) in [6, 6.07) is 6.77. The number of carbonyl (C=O) groups excluding carboxylic acids is 1. The number of nitriles is 1. The van der Waals surface area contributed by atoms with Crippen LogP contribution in [-0.4, -0.2) is 28.8 Å². The van der Waals surface area contributed by atoms with Crippen molar-refractivity contribution in [2.45, 2.75) is 38.8 Å². The van der Waals surface area contributed by atoms with Gasteiger partial charge in [-0.2, -0.15) is 5.26 Å². The second-order valence-corrected chi connectivity index (χ2v) is 6.31. The number of esters is 1. The minimum Gasteiger partial charge on any atom is -0.490 e. The van der Waals surface area contributed by atoms with E-state index in [4.69, 9.17) is 14.7 Å². The summed E-state index contributed by atoms with van der Waals surface area (Å²) in [5, 5.41) is 9.70. The van der Waals surface area contributed by atoms with E-state index in [0.29, 0.717) is 30.1 Å². The van der Waals surface area contributed by atoms with Crippen molar-refractivity contribution in [2.24, 2.45) is 0 Å². The van der Waals surface area contributed by atoms with Crippen LogP contribution in [0.5, 0.6) is 11.5 Å². The molecule has 0 N–H and O–H groups in total. The maximum absolute atomic E-state index is 12.3. The molecule has 0 spiro atoms. The number of rotatable bonds is 7. The SMILES string of the molecule is CCOc1cc(C#N)ccc1OC(=O)CCc1c(C)nc(SC)nc1C. The molecule has 1 aromatic heterocycles.